The van der Waals surface area contributed by atoms with Crippen LogP contribution in [0.25, 0.3) is 0 Å². The number of nitrogen functional groups attached to an aromatic ring is 1. The molecule has 1 aromatic carbocycles. The van der Waals surface area contributed by atoms with Crippen molar-refractivity contribution >= 4 is 17.3 Å². The maximum atomic E-state index is 11.0. The van der Waals surface area contributed by atoms with E-state index in [9.17, 15) is 20.2 Å². The third kappa shape index (κ3) is 3.00. The van der Waals surface area contributed by atoms with E-state index in [1.165, 1.54) is 25.1 Å². The summed E-state index contributed by atoms with van der Waals surface area (Å²) < 4.78 is 5.25. The Morgan fingerprint density at radius 2 is 1.90 bits per heavy atom. The zero-order valence-corrected chi connectivity index (χ0v) is 10.7. The Labute approximate surface area is 117 Å². The van der Waals surface area contributed by atoms with Crippen LogP contribution in [0, 0.1) is 27.2 Å². The third-order valence-corrected chi connectivity index (χ3v) is 2.47. The number of nitrogens with two attached hydrogens (primary N) is 1. The van der Waals surface area contributed by atoms with Gasteiger partial charge < -0.3 is 10.5 Å². The predicted molar refractivity (Wildman–Crippen MR) is 71.0 cm³/mol. The summed E-state index contributed by atoms with van der Waals surface area (Å²) in [5.41, 5.74) is 4.80. The Bertz CT molecular complexity index is 733. The molecule has 21 heavy (non-hydrogen) atoms. The molecule has 0 radical (unpaired) electrons. The summed E-state index contributed by atoms with van der Waals surface area (Å²) in [5, 5.41) is 21.7. The molecule has 0 saturated carbocycles. The van der Waals surface area contributed by atoms with Gasteiger partial charge in [0.25, 0.3) is 5.69 Å². The number of anilines is 1. The molecule has 2 rings (SSSR count). The van der Waals surface area contributed by atoms with E-state index in [1.54, 1.807) is 0 Å². The summed E-state index contributed by atoms with van der Waals surface area (Å²) in [5.74, 6) is -0.533. The summed E-state index contributed by atoms with van der Waals surface area (Å²) in [6.45, 7) is 1.39. The largest absolute Gasteiger partial charge is 0.433 e. The van der Waals surface area contributed by atoms with Crippen molar-refractivity contribution in [3.8, 4) is 11.6 Å². The smallest absolute Gasteiger partial charge is 0.352 e. The zero-order valence-electron chi connectivity index (χ0n) is 10.7. The number of nitrogens with zero attached hydrogens (tertiary/aromatic N) is 4. The van der Waals surface area contributed by atoms with Gasteiger partial charge in [-0.05, 0) is 13.0 Å². The molecule has 0 aliphatic heterocycles. The number of benzene rings is 1. The number of hydrogen-bond acceptors (Lipinski definition) is 8. The standard InChI is InChI=1S/C11H9N5O5/c1-6-9(16(19)20)10(14-11(12)13-6)21-8-4-2-3-7(5-8)15(17)18/h2-5H,1H3,(H2,12,13,14). The van der Waals surface area contributed by atoms with E-state index in [0.29, 0.717) is 0 Å². The van der Waals surface area contributed by atoms with Crippen molar-refractivity contribution in [2.45, 2.75) is 6.92 Å². The molecule has 0 bridgehead atoms. The molecule has 108 valence electrons. The lowest BCUT2D eigenvalue weighted by atomic mass is 10.3. The minimum absolute atomic E-state index is 0.0322. The molecular weight excluding hydrogens is 282 g/mol. The average Bonchev–Trinajstić information content (AvgIpc) is 2.37. The SMILES string of the molecule is Cc1nc(N)nc(Oc2cccc([N+](=O)[O-])c2)c1[N+](=O)[O-]. The van der Waals surface area contributed by atoms with Gasteiger partial charge in [0, 0.05) is 6.07 Å². The molecule has 1 heterocycles. The molecule has 1 aromatic heterocycles. The third-order valence-electron chi connectivity index (χ3n) is 2.47. The van der Waals surface area contributed by atoms with Crippen LogP contribution in [0.1, 0.15) is 5.69 Å². The van der Waals surface area contributed by atoms with Gasteiger partial charge in [0.15, 0.2) is 0 Å². The lowest BCUT2D eigenvalue weighted by molar-refractivity contribution is -0.387. The number of nitro benzene ring substituents is 1. The first-order valence-electron chi connectivity index (χ1n) is 5.59. The minimum atomic E-state index is -0.707. The fourth-order valence-electron chi connectivity index (χ4n) is 1.62. The second-order valence-corrected chi connectivity index (χ2v) is 3.93. The van der Waals surface area contributed by atoms with Crippen molar-refractivity contribution in [2.75, 3.05) is 5.73 Å². The van der Waals surface area contributed by atoms with Gasteiger partial charge in [0.05, 0.1) is 15.9 Å². The van der Waals surface area contributed by atoms with Crippen LogP contribution in [0.3, 0.4) is 0 Å². The lowest BCUT2D eigenvalue weighted by Gasteiger charge is -2.07. The van der Waals surface area contributed by atoms with Gasteiger partial charge >= 0.3 is 11.6 Å². The number of aromatic nitrogens is 2. The topological polar surface area (TPSA) is 147 Å². The molecule has 0 unspecified atom stereocenters. The highest BCUT2D eigenvalue weighted by Crippen LogP contribution is 2.32. The predicted octanol–water partition coefficient (Wildman–Crippen LogP) is 1.98. The fraction of sp³-hybridized carbons (Fsp3) is 0.0909. The Morgan fingerprint density at radius 3 is 2.52 bits per heavy atom. The molecule has 0 amide bonds. The van der Waals surface area contributed by atoms with Crippen LogP contribution in [0.15, 0.2) is 24.3 Å². The monoisotopic (exact) mass is 291 g/mol. The highest BCUT2D eigenvalue weighted by Gasteiger charge is 2.24. The molecule has 0 fully saturated rings. The number of hydrogen-bond donors (Lipinski definition) is 1. The van der Waals surface area contributed by atoms with E-state index < -0.39 is 15.5 Å². The molecule has 0 aliphatic rings. The molecule has 2 N–H and O–H groups in total. The number of ether oxygens (including phenoxy) is 1. The van der Waals surface area contributed by atoms with E-state index in [-0.39, 0.29) is 29.0 Å². The normalized spacial score (nSPS) is 10.1. The maximum Gasteiger partial charge on any atom is 0.352 e. The van der Waals surface area contributed by atoms with Gasteiger partial charge in [-0.25, -0.2) is 4.98 Å². The van der Waals surface area contributed by atoms with Gasteiger partial charge in [-0.1, -0.05) is 6.07 Å². The number of non-ortho nitro benzene ring substituents is 1. The summed E-state index contributed by atoms with van der Waals surface area (Å²) in [6.07, 6.45) is 0. The Hall–Kier alpha value is -3.30. The number of rotatable bonds is 4. The van der Waals surface area contributed by atoms with Crippen LogP contribution < -0.4 is 10.5 Å². The molecular formula is C11H9N5O5. The van der Waals surface area contributed by atoms with Crippen LogP contribution in [-0.4, -0.2) is 19.8 Å². The Morgan fingerprint density at radius 1 is 1.19 bits per heavy atom. The maximum absolute atomic E-state index is 11.0. The van der Waals surface area contributed by atoms with E-state index in [2.05, 4.69) is 9.97 Å². The molecule has 0 saturated heterocycles. The Balaban J connectivity index is 2.46. The van der Waals surface area contributed by atoms with Crippen molar-refractivity contribution in [1.29, 1.82) is 0 Å². The van der Waals surface area contributed by atoms with Crippen molar-refractivity contribution in [2.24, 2.45) is 0 Å². The summed E-state index contributed by atoms with van der Waals surface area (Å²) >= 11 is 0. The molecule has 10 nitrogen and oxygen atoms in total. The molecule has 0 aliphatic carbocycles. The van der Waals surface area contributed by atoms with E-state index in [0.717, 1.165) is 6.07 Å². The second-order valence-electron chi connectivity index (χ2n) is 3.93. The summed E-state index contributed by atoms with van der Waals surface area (Å²) in [7, 11) is 0. The van der Waals surface area contributed by atoms with Crippen LogP contribution in [0.2, 0.25) is 0 Å². The molecule has 10 heteroatoms. The van der Waals surface area contributed by atoms with Gasteiger partial charge in [0.2, 0.25) is 5.95 Å². The highest BCUT2D eigenvalue weighted by molar-refractivity contribution is 5.50. The first kappa shape index (κ1) is 14.1. The Kier molecular flexibility index (Phi) is 3.61. The van der Waals surface area contributed by atoms with Gasteiger partial charge in [0.1, 0.15) is 11.4 Å². The van der Waals surface area contributed by atoms with Gasteiger partial charge in [-0.3, -0.25) is 20.2 Å². The highest BCUT2D eigenvalue weighted by atomic mass is 16.6. The molecule has 0 spiro atoms. The van der Waals surface area contributed by atoms with E-state index in [4.69, 9.17) is 10.5 Å². The van der Waals surface area contributed by atoms with E-state index >= 15 is 0 Å². The zero-order chi connectivity index (χ0) is 15.6. The van der Waals surface area contributed by atoms with Gasteiger partial charge in [-0.2, -0.15) is 4.98 Å². The molecule has 2 aromatic rings. The lowest BCUT2D eigenvalue weighted by Crippen LogP contribution is -2.04. The van der Waals surface area contributed by atoms with Crippen LogP contribution in [-0.2, 0) is 0 Å². The number of aryl methyl sites for hydroxylation is 1. The summed E-state index contributed by atoms with van der Waals surface area (Å²) in [4.78, 5) is 27.7. The second kappa shape index (κ2) is 5.36. The van der Waals surface area contributed by atoms with Crippen LogP contribution in [0.4, 0.5) is 17.3 Å². The van der Waals surface area contributed by atoms with E-state index in [1.807, 2.05) is 0 Å². The first-order chi connectivity index (χ1) is 9.88. The van der Waals surface area contributed by atoms with Crippen molar-refractivity contribution in [3.63, 3.8) is 0 Å². The van der Waals surface area contributed by atoms with Crippen LogP contribution in [0.5, 0.6) is 11.6 Å². The van der Waals surface area contributed by atoms with Crippen molar-refractivity contribution < 1.29 is 14.6 Å². The summed E-state index contributed by atoms with van der Waals surface area (Å²) in [6, 6.07) is 5.18. The van der Waals surface area contributed by atoms with Crippen molar-refractivity contribution in [1.82, 2.24) is 9.97 Å². The van der Waals surface area contributed by atoms with Crippen molar-refractivity contribution in [3.05, 3.63) is 50.2 Å². The quantitative estimate of drug-likeness (QED) is 0.663. The first-order valence-corrected chi connectivity index (χ1v) is 5.59. The minimum Gasteiger partial charge on any atom is -0.433 e. The average molecular weight is 291 g/mol. The van der Waals surface area contributed by atoms with Gasteiger partial charge in [-0.15, -0.1) is 0 Å². The fourth-order valence-corrected chi connectivity index (χ4v) is 1.62. The van der Waals surface area contributed by atoms with Crippen LogP contribution >= 0.6 is 0 Å². The molecule has 0 atom stereocenters. The number of nitro groups is 2.